The van der Waals surface area contributed by atoms with Crippen LogP contribution in [0.15, 0.2) is 0 Å². The number of amides is 1. The van der Waals surface area contributed by atoms with Gasteiger partial charge in [0, 0.05) is 12.6 Å². The van der Waals surface area contributed by atoms with Crippen molar-refractivity contribution >= 4 is 16.1 Å². The van der Waals surface area contributed by atoms with Crippen molar-refractivity contribution in [2.45, 2.75) is 39.3 Å². The molecule has 1 aliphatic rings. The average molecular weight is 264 g/mol. The fourth-order valence-electron chi connectivity index (χ4n) is 2.48. The Hall–Kier alpha value is -0.820. The van der Waals surface area contributed by atoms with Crippen LogP contribution in [-0.4, -0.2) is 49.4 Å². The summed E-state index contributed by atoms with van der Waals surface area (Å²) in [5, 5.41) is 9.11. The van der Waals surface area contributed by atoms with Crippen LogP contribution in [0.4, 0.5) is 4.79 Å². The van der Waals surface area contributed by atoms with Gasteiger partial charge in [-0.2, -0.15) is 0 Å². The van der Waals surface area contributed by atoms with E-state index in [2.05, 4.69) is 4.72 Å². The number of rotatable bonds is 2. The van der Waals surface area contributed by atoms with Crippen LogP contribution in [0.3, 0.4) is 0 Å². The van der Waals surface area contributed by atoms with Gasteiger partial charge in [0.1, 0.15) is 0 Å². The highest BCUT2D eigenvalue weighted by atomic mass is 32.2. The van der Waals surface area contributed by atoms with Crippen molar-refractivity contribution in [2.75, 3.05) is 12.8 Å². The van der Waals surface area contributed by atoms with E-state index in [1.807, 2.05) is 20.8 Å². The lowest BCUT2D eigenvalue weighted by Crippen LogP contribution is -2.52. The maximum Gasteiger partial charge on any atom is 0.407 e. The molecule has 1 amide bonds. The van der Waals surface area contributed by atoms with Crippen molar-refractivity contribution in [2.24, 2.45) is 5.41 Å². The zero-order chi connectivity index (χ0) is 13.4. The summed E-state index contributed by atoms with van der Waals surface area (Å²) < 4.78 is 25.0. The van der Waals surface area contributed by atoms with Crippen LogP contribution in [0.5, 0.6) is 0 Å². The van der Waals surface area contributed by atoms with Crippen molar-refractivity contribution in [1.82, 2.24) is 9.62 Å². The quantitative estimate of drug-likeness (QED) is 0.768. The van der Waals surface area contributed by atoms with Crippen molar-refractivity contribution in [1.29, 1.82) is 0 Å². The monoisotopic (exact) mass is 264 g/mol. The molecule has 0 aromatic heterocycles. The van der Waals surface area contributed by atoms with E-state index in [0.29, 0.717) is 13.0 Å². The predicted molar refractivity (Wildman–Crippen MR) is 64.4 cm³/mol. The Morgan fingerprint density at radius 1 is 1.41 bits per heavy atom. The largest absolute Gasteiger partial charge is 0.465 e. The minimum Gasteiger partial charge on any atom is -0.465 e. The van der Waals surface area contributed by atoms with E-state index in [9.17, 15) is 13.2 Å². The van der Waals surface area contributed by atoms with Crippen LogP contribution in [0.1, 0.15) is 27.2 Å². The molecule has 0 saturated carbocycles. The van der Waals surface area contributed by atoms with Crippen molar-refractivity contribution in [3.8, 4) is 0 Å². The first kappa shape index (κ1) is 14.2. The van der Waals surface area contributed by atoms with Crippen LogP contribution >= 0.6 is 0 Å². The number of carbonyl (C=O) groups is 1. The SMILES string of the molecule is CC(C)(C)C1[C@@H](NS(C)(=O)=O)CCN1C(=O)O. The topological polar surface area (TPSA) is 86.7 Å². The predicted octanol–water partition coefficient (Wildman–Crippen LogP) is 0.703. The summed E-state index contributed by atoms with van der Waals surface area (Å²) in [5.74, 6) is 0. The molecular weight excluding hydrogens is 244 g/mol. The molecule has 2 atom stereocenters. The first-order chi connectivity index (χ1) is 7.52. The van der Waals surface area contributed by atoms with E-state index in [4.69, 9.17) is 5.11 Å². The number of nitrogens with one attached hydrogen (secondary N) is 1. The van der Waals surface area contributed by atoms with E-state index in [0.717, 1.165) is 6.26 Å². The summed E-state index contributed by atoms with van der Waals surface area (Å²) >= 11 is 0. The number of likely N-dealkylation sites (tertiary alicyclic amines) is 1. The molecule has 0 aromatic carbocycles. The molecule has 0 aliphatic carbocycles. The molecule has 1 heterocycles. The molecule has 0 bridgehead atoms. The highest BCUT2D eigenvalue weighted by Crippen LogP contribution is 2.33. The second kappa shape index (κ2) is 4.45. The molecule has 6 nitrogen and oxygen atoms in total. The van der Waals surface area contributed by atoms with Crippen molar-refractivity contribution < 1.29 is 18.3 Å². The van der Waals surface area contributed by atoms with Crippen molar-refractivity contribution in [3.05, 3.63) is 0 Å². The molecule has 1 saturated heterocycles. The standard InChI is InChI=1S/C10H20N2O4S/c1-10(2,3)8-7(11-17(4,15)16)5-6-12(8)9(13)14/h7-8,11H,5-6H2,1-4H3,(H,13,14)/t7-,8?/m0/s1. The third-order valence-electron chi connectivity index (χ3n) is 2.90. The van der Waals surface area contributed by atoms with Crippen LogP contribution in [0.25, 0.3) is 0 Å². The van der Waals surface area contributed by atoms with Gasteiger partial charge in [0.05, 0.1) is 12.3 Å². The molecule has 0 spiro atoms. The first-order valence-corrected chi connectivity index (χ1v) is 7.38. The van der Waals surface area contributed by atoms with Crippen LogP contribution in [-0.2, 0) is 10.0 Å². The van der Waals surface area contributed by atoms with Gasteiger partial charge in [-0.15, -0.1) is 0 Å². The molecule has 17 heavy (non-hydrogen) atoms. The van der Waals surface area contributed by atoms with E-state index >= 15 is 0 Å². The van der Waals surface area contributed by atoms with E-state index < -0.39 is 16.1 Å². The Bertz CT molecular complexity index is 399. The molecule has 2 N–H and O–H groups in total. The number of carboxylic acid groups (broad SMARTS) is 1. The third-order valence-corrected chi connectivity index (χ3v) is 3.63. The summed E-state index contributed by atoms with van der Waals surface area (Å²) in [5.41, 5.74) is -0.308. The van der Waals surface area contributed by atoms with Gasteiger partial charge in [0.25, 0.3) is 0 Å². The Morgan fingerprint density at radius 3 is 2.29 bits per heavy atom. The smallest absolute Gasteiger partial charge is 0.407 e. The lowest BCUT2D eigenvalue weighted by molar-refractivity contribution is 0.0999. The summed E-state index contributed by atoms with van der Waals surface area (Å²) in [6, 6.07) is -0.684. The second-order valence-electron chi connectivity index (χ2n) is 5.57. The summed E-state index contributed by atoms with van der Waals surface area (Å²) in [4.78, 5) is 12.4. The first-order valence-electron chi connectivity index (χ1n) is 5.49. The number of nitrogens with zero attached hydrogens (tertiary/aromatic N) is 1. The zero-order valence-electron chi connectivity index (χ0n) is 10.6. The number of sulfonamides is 1. The van der Waals surface area contributed by atoms with Gasteiger partial charge in [-0.05, 0) is 11.8 Å². The molecule has 1 rings (SSSR count). The lowest BCUT2D eigenvalue weighted by Gasteiger charge is -2.36. The normalized spacial score (nSPS) is 26.2. The highest BCUT2D eigenvalue weighted by Gasteiger charge is 2.44. The average Bonchev–Trinajstić information content (AvgIpc) is 2.43. The van der Waals surface area contributed by atoms with Gasteiger partial charge in [-0.1, -0.05) is 20.8 Å². The van der Waals surface area contributed by atoms with Crippen LogP contribution in [0.2, 0.25) is 0 Å². The summed E-state index contributed by atoms with van der Waals surface area (Å²) in [7, 11) is -3.32. The Kier molecular flexibility index (Phi) is 3.73. The van der Waals surface area contributed by atoms with Gasteiger partial charge in [0.15, 0.2) is 0 Å². The summed E-state index contributed by atoms with van der Waals surface area (Å²) in [6.45, 7) is 6.10. The highest BCUT2D eigenvalue weighted by molar-refractivity contribution is 7.88. The maximum absolute atomic E-state index is 11.3. The minimum atomic E-state index is -3.32. The molecule has 1 aliphatic heterocycles. The van der Waals surface area contributed by atoms with Gasteiger partial charge >= 0.3 is 6.09 Å². The molecule has 7 heteroatoms. The molecule has 100 valence electrons. The van der Waals surface area contributed by atoms with E-state index in [1.165, 1.54) is 4.90 Å². The zero-order valence-corrected chi connectivity index (χ0v) is 11.4. The maximum atomic E-state index is 11.3. The molecule has 0 aromatic rings. The van der Waals surface area contributed by atoms with Gasteiger partial charge < -0.3 is 10.0 Å². The van der Waals surface area contributed by atoms with E-state index in [1.54, 1.807) is 0 Å². The third kappa shape index (κ3) is 3.57. The Labute approximate surface area is 102 Å². The van der Waals surface area contributed by atoms with Gasteiger partial charge in [-0.3, -0.25) is 0 Å². The van der Waals surface area contributed by atoms with Crippen LogP contribution in [0, 0.1) is 5.41 Å². The Morgan fingerprint density at radius 2 is 1.94 bits per heavy atom. The number of hydrogen-bond donors (Lipinski definition) is 2. The molecule has 1 unspecified atom stereocenters. The fourth-order valence-corrected chi connectivity index (χ4v) is 3.27. The molecule has 1 fully saturated rings. The lowest BCUT2D eigenvalue weighted by atomic mass is 9.83. The number of hydrogen-bond acceptors (Lipinski definition) is 3. The van der Waals surface area contributed by atoms with Gasteiger partial charge in [0.2, 0.25) is 10.0 Å². The van der Waals surface area contributed by atoms with E-state index in [-0.39, 0.29) is 17.5 Å². The summed E-state index contributed by atoms with van der Waals surface area (Å²) in [6.07, 6.45) is 0.611. The van der Waals surface area contributed by atoms with Gasteiger partial charge in [-0.25, -0.2) is 17.9 Å². The minimum absolute atomic E-state index is 0.308. The second-order valence-corrected chi connectivity index (χ2v) is 7.35. The fraction of sp³-hybridized carbons (Fsp3) is 0.900. The Balaban J connectivity index is 2.97. The molecule has 0 radical (unpaired) electrons. The van der Waals surface area contributed by atoms with Crippen LogP contribution < -0.4 is 4.72 Å². The molecular formula is C10H20N2O4S. The van der Waals surface area contributed by atoms with Crippen molar-refractivity contribution in [3.63, 3.8) is 0 Å².